The van der Waals surface area contributed by atoms with Gasteiger partial charge in [0.25, 0.3) is 0 Å². The van der Waals surface area contributed by atoms with E-state index in [1.54, 1.807) is 0 Å². The van der Waals surface area contributed by atoms with Gasteiger partial charge in [0, 0.05) is 24.6 Å². The number of nitrogens with zero attached hydrogens (tertiary/aromatic N) is 1. The van der Waals surface area contributed by atoms with Crippen molar-refractivity contribution in [1.82, 2.24) is 0 Å². The van der Waals surface area contributed by atoms with Crippen LogP contribution in [-0.2, 0) is 0 Å². The quantitative estimate of drug-likeness (QED) is 0.675. The lowest BCUT2D eigenvalue weighted by Crippen LogP contribution is -2.56. The number of halogens is 3. The second-order valence-corrected chi connectivity index (χ2v) is 6.43. The summed E-state index contributed by atoms with van der Waals surface area (Å²) < 4.78 is 27.6. The minimum Gasteiger partial charge on any atom is -0.368 e. The molecule has 0 amide bonds. The van der Waals surface area contributed by atoms with E-state index in [-0.39, 0.29) is 10.3 Å². The maximum atomic E-state index is 13.9. The zero-order valence-corrected chi connectivity index (χ0v) is 13.1. The first kappa shape index (κ1) is 14.8. The highest BCUT2D eigenvalue weighted by atomic mass is 79.9. The van der Waals surface area contributed by atoms with E-state index in [0.717, 1.165) is 38.8 Å². The van der Waals surface area contributed by atoms with E-state index in [0.29, 0.717) is 11.1 Å². The Morgan fingerprint density at radius 3 is 2.21 bits per heavy atom. The molecule has 0 N–H and O–H groups in total. The lowest BCUT2D eigenvalue weighted by molar-refractivity contribution is 0.172. The van der Waals surface area contributed by atoms with Gasteiger partial charge in [0.05, 0.1) is 10.2 Å². The second-order valence-electron chi connectivity index (χ2n) is 5.57. The first-order chi connectivity index (χ1) is 9.01. The monoisotopic (exact) mass is 331 g/mol. The Morgan fingerprint density at radius 2 is 1.68 bits per heavy atom. The lowest BCUT2D eigenvalue weighted by Gasteiger charge is -2.52. The largest absolute Gasteiger partial charge is 0.368 e. The smallest absolute Gasteiger partial charge is 0.147 e. The third-order valence-electron chi connectivity index (χ3n) is 3.94. The van der Waals surface area contributed by atoms with Crippen LogP contribution in [-0.4, -0.2) is 13.1 Å². The molecule has 1 aliphatic rings. The van der Waals surface area contributed by atoms with Crippen LogP contribution in [0.15, 0.2) is 16.6 Å². The van der Waals surface area contributed by atoms with Crippen molar-refractivity contribution in [2.75, 3.05) is 18.0 Å². The highest BCUT2D eigenvalue weighted by molar-refractivity contribution is 9.10. The molecule has 1 aromatic rings. The van der Waals surface area contributed by atoms with Gasteiger partial charge in [-0.1, -0.05) is 26.7 Å². The van der Waals surface area contributed by atoms with Crippen molar-refractivity contribution in [2.45, 2.75) is 39.5 Å². The zero-order chi connectivity index (χ0) is 14.0. The Bertz CT molecular complexity index is 448. The molecule has 0 atom stereocenters. The van der Waals surface area contributed by atoms with Gasteiger partial charge in [0.15, 0.2) is 0 Å². The van der Waals surface area contributed by atoms with E-state index < -0.39 is 5.82 Å². The van der Waals surface area contributed by atoms with Gasteiger partial charge in [-0.15, -0.1) is 0 Å². The van der Waals surface area contributed by atoms with Gasteiger partial charge in [0.1, 0.15) is 11.6 Å². The fourth-order valence-corrected chi connectivity index (χ4v) is 3.51. The van der Waals surface area contributed by atoms with E-state index in [1.165, 1.54) is 12.1 Å². The number of hydrogen-bond acceptors (Lipinski definition) is 1. The van der Waals surface area contributed by atoms with Gasteiger partial charge >= 0.3 is 0 Å². The molecule has 1 aliphatic heterocycles. The van der Waals surface area contributed by atoms with Crippen molar-refractivity contribution in [3.8, 4) is 0 Å². The maximum absolute atomic E-state index is 13.9. The van der Waals surface area contributed by atoms with E-state index in [2.05, 4.69) is 29.8 Å². The van der Waals surface area contributed by atoms with Crippen molar-refractivity contribution in [3.05, 3.63) is 28.2 Å². The minimum absolute atomic E-state index is 0.183. The van der Waals surface area contributed by atoms with Gasteiger partial charge in [-0.2, -0.15) is 0 Å². The van der Waals surface area contributed by atoms with Crippen LogP contribution < -0.4 is 4.90 Å². The first-order valence-electron chi connectivity index (χ1n) is 6.91. The molecule has 4 heteroatoms. The molecule has 0 unspecified atom stereocenters. The summed E-state index contributed by atoms with van der Waals surface area (Å²) in [6, 6.07) is 2.51. The topological polar surface area (TPSA) is 3.24 Å². The first-order valence-corrected chi connectivity index (χ1v) is 7.70. The highest BCUT2D eigenvalue weighted by Gasteiger charge is 2.42. The van der Waals surface area contributed by atoms with Crippen molar-refractivity contribution in [3.63, 3.8) is 0 Å². The van der Waals surface area contributed by atoms with E-state index in [4.69, 9.17) is 0 Å². The average Bonchev–Trinajstić information content (AvgIpc) is 2.31. The van der Waals surface area contributed by atoms with Crippen molar-refractivity contribution in [1.29, 1.82) is 0 Å². The predicted molar refractivity (Wildman–Crippen MR) is 78.5 cm³/mol. The fraction of sp³-hybridized carbons (Fsp3) is 0.600. The summed E-state index contributed by atoms with van der Waals surface area (Å²) >= 11 is 3.01. The van der Waals surface area contributed by atoms with Gasteiger partial charge < -0.3 is 4.90 Å². The van der Waals surface area contributed by atoms with Gasteiger partial charge in [0.2, 0.25) is 0 Å². The molecule has 1 heterocycles. The molecule has 0 spiro atoms. The second kappa shape index (κ2) is 5.78. The molecular weight excluding hydrogens is 312 g/mol. The van der Waals surface area contributed by atoms with Crippen LogP contribution in [0.2, 0.25) is 0 Å². The molecule has 1 aromatic carbocycles. The van der Waals surface area contributed by atoms with Crippen LogP contribution in [0.3, 0.4) is 0 Å². The van der Waals surface area contributed by atoms with E-state index in [1.807, 2.05) is 4.90 Å². The molecule has 0 aliphatic carbocycles. The SMILES string of the molecule is CCCC1(CCC)CN(c2cc(F)c(Br)cc2F)C1. The van der Waals surface area contributed by atoms with E-state index >= 15 is 0 Å². The lowest BCUT2D eigenvalue weighted by atomic mass is 9.72. The van der Waals surface area contributed by atoms with Crippen molar-refractivity contribution < 1.29 is 8.78 Å². The Hall–Kier alpha value is -0.640. The Morgan fingerprint density at radius 1 is 1.11 bits per heavy atom. The Kier molecular flexibility index (Phi) is 4.49. The Labute approximate surface area is 122 Å². The Balaban J connectivity index is 2.13. The third-order valence-corrected chi connectivity index (χ3v) is 4.55. The molecular formula is C15H20BrF2N. The van der Waals surface area contributed by atoms with Crippen LogP contribution in [0, 0.1) is 17.0 Å². The summed E-state index contributed by atoms with van der Waals surface area (Å²) in [7, 11) is 0. The zero-order valence-electron chi connectivity index (χ0n) is 11.5. The number of hydrogen-bond donors (Lipinski definition) is 0. The molecule has 1 fully saturated rings. The summed E-state index contributed by atoms with van der Waals surface area (Å²) in [4.78, 5) is 1.95. The number of benzene rings is 1. The normalized spacial score (nSPS) is 17.4. The molecule has 0 aromatic heterocycles. The molecule has 1 saturated heterocycles. The van der Waals surface area contributed by atoms with Gasteiger partial charge in [-0.05, 0) is 34.8 Å². The summed E-state index contributed by atoms with van der Waals surface area (Å²) in [5.41, 5.74) is 0.697. The number of rotatable bonds is 5. The summed E-state index contributed by atoms with van der Waals surface area (Å²) in [5.74, 6) is -0.755. The van der Waals surface area contributed by atoms with Gasteiger partial charge in [-0.25, -0.2) is 8.78 Å². The number of anilines is 1. The highest BCUT2D eigenvalue weighted by Crippen LogP contribution is 2.43. The summed E-state index contributed by atoms with van der Waals surface area (Å²) in [6.07, 6.45) is 4.62. The van der Waals surface area contributed by atoms with Crippen LogP contribution in [0.1, 0.15) is 39.5 Å². The predicted octanol–water partition coefficient (Wildman–Crippen LogP) is 5.13. The molecule has 1 nitrogen and oxygen atoms in total. The van der Waals surface area contributed by atoms with Crippen LogP contribution >= 0.6 is 15.9 Å². The minimum atomic E-state index is -0.403. The van der Waals surface area contributed by atoms with Crippen LogP contribution in [0.4, 0.5) is 14.5 Å². The van der Waals surface area contributed by atoms with Crippen LogP contribution in [0.25, 0.3) is 0 Å². The molecule has 2 rings (SSSR count). The third kappa shape index (κ3) is 2.93. The molecule has 106 valence electrons. The molecule has 0 radical (unpaired) electrons. The molecule has 0 bridgehead atoms. The molecule has 19 heavy (non-hydrogen) atoms. The standard InChI is InChI=1S/C15H20BrF2N/c1-3-5-15(6-4-2)9-19(10-15)14-8-12(17)11(16)7-13(14)18/h7-8H,3-6,9-10H2,1-2H3. The van der Waals surface area contributed by atoms with E-state index in [9.17, 15) is 8.78 Å². The summed E-state index contributed by atoms with van der Waals surface area (Å²) in [6.45, 7) is 6.04. The van der Waals surface area contributed by atoms with Crippen molar-refractivity contribution >= 4 is 21.6 Å². The average molecular weight is 332 g/mol. The maximum Gasteiger partial charge on any atom is 0.147 e. The molecule has 0 saturated carbocycles. The van der Waals surface area contributed by atoms with Crippen LogP contribution in [0.5, 0.6) is 0 Å². The van der Waals surface area contributed by atoms with Crippen molar-refractivity contribution in [2.24, 2.45) is 5.41 Å². The summed E-state index contributed by atoms with van der Waals surface area (Å²) in [5, 5.41) is 0. The van der Waals surface area contributed by atoms with Gasteiger partial charge in [-0.3, -0.25) is 0 Å². The fourth-order valence-electron chi connectivity index (χ4n) is 3.19.